The van der Waals surface area contributed by atoms with Gasteiger partial charge < -0.3 is 10.2 Å². The zero-order valence-corrected chi connectivity index (χ0v) is 12.5. The van der Waals surface area contributed by atoms with Crippen LogP contribution in [0.1, 0.15) is 25.8 Å². The third-order valence-electron chi connectivity index (χ3n) is 3.54. The number of nitrogens with zero attached hydrogens (tertiary/aromatic N) is 2. The summed E-state index contributed by atoms with van der Waals surface area (Å²) in [5.74, 6) is 0.995. The minimum Gasteiger partial charge on any atom is -0.366 e. The highest BCUT2D eigenvalue weighted by molar-refractivity contribution is 7.99. The second kappa shape index (κ2) is 6.83. The van der Waals surface area contributed by atoms with Crippen LogP contribution in [0.5, 0.6) is 0 Å². The van der Waals surface area contributed by atoms with Crippen LogP contribution in [0.4, 0.5) is 5.69 Å². The third kappa shape index (κ3) is 3.05. The molecule has 1 aromatic carbocycles. The molecular formula is C15H21N3S. The van der Waals surface area contributed by atoms with Crippen LogP contribution in [0.15, 0.2) is 23.1 Å². The Morgan fingerprint density at radius 3 is 2.89 bits per heavy atom. The van der Waals surface area contributed by atoms with Gasteiger partial charge >= 0.3 is 0 Å². The molecule has 1 atom stereocenters. The van der Waals surface area contributed by atoms with E-state index in [1.54, 1.807) is 11.8 Å². The lowest BCUT2D eigenvalue weighted by molar-refractivity contribution is 0.647. The monoisotopic (exact) mass is 275 g/mol. The van der Waals surface area contributed by atoms with Gasteiger partial charge in [0.1, 0.15) is 6.07 Å². The second-order valence-electron chi connectivity index (χ2n) is 4.63. The summed E-state index contributed by atoms with van der Waals surface area (Å²) in [6.45, 7) is 7.33. The fourth-order valence-corrected chi connectivity index (χ4v) is 3.46. The average molecular weight is 275 g/mol. The van der Waals surface area contributed by atoms with Gasteiger partial charge in [0, 0.05) is 24.0 Å². The second-order valence-corrected chi connectivity index (χ2v) is 5.93. The first-order valence-corrected chi connectivity index (χ1v) is 7.93. The van der Waals surface area contributed by atoms with Gasteiger partial charge in [-0.15, -0.1) is 11.8 Å². The number of likely N-dealkylation sites (N-methyl/N-ethyl adjacent to an activating group) is 1. The van der Waals surface area contributed by atoms with Crippen LogP contribution in [0.25, 0.3) is 0 Å². The maximum absolute atomic E-state index is 9.51. The summed E-state index contributed by atoms with van der Waals surface area (Å²) in [4.78, 5) is 3.48. The molecule has 102 valence electrons. The summed E-state index contributed by atoms with van der Waals surface area (Å²) in [6.07, 6.45) is 1.16. The van der Waals surface area contributed by atoms with Crippen molar-refractivity contribution in [2.75, 3.05) is 30.3 Å². The molecule has 1 unspecified atom stereocenters. The highest BCUT2D eigenvalue weighted by Crippen LogP contribution is 2.31. The van der Waals surface area contributed by atoms with E-state index in [-0.39, 0.29) is 0 Å². The Bertz CT molecular complexity index is 461. The van der Waals surface area contributed by atoms with Crippen molar-refractivity contribution in [2.45, 2.75) is 31.2 Å². The van der Waals surface area contributed by atoms with Gasteiger partial charge in [0.25, 0.3) is 0 Å². The Labute approximate surface area is 120 Å². The van der Waals surface area contributed by atoms with E-state index in [9.17, 15) is 5.26 Å². The van der Waals surface area contributed by atoms with Crippen molar-refractivity contribution in [1.82, 2.24) is 5.32 Å². The van der Waals surface area contributed by atoms with Crippen molar-refractivity contribution in [3.63, 3.8) is 0 Å². The van der Waals surface area contributed by atoms with Gasteiger partial charge in [-0.1, -0.05) is 13.0 Å². The first kappa shape index (κ1) is 14.2. The molecule has 0 amide bonds. The molecule has 1 heterocycles. The number of hydrogen-bond donors (Lipinski definition) is 1. The zero-order chi connectivity index (χ0) is 13.7. The maximum Gasteiger partial charge on any atom is 0.103 e. The van der Waals surface area contributed by atoms with Gasteiger partial charge in [0.2, 0.25) is 0 Å². The predicted molar refractivity (Wildman–Crippen MR) is 81.8 cm³/mol. The molecule has 4 heteroatoms. The number of benzene rings is 1. The minimum absolute atomic E-state index is 0.513. The quantitative estimate of drug-likeness (QED) is 0.839. The number of nitriles is 1. The zero-order valence-electron chi connectivity index (χ0n) is 11.6. The van der Waals surface area contributed by atoms with Gasteiger partial charge in [-0.3, -0.25) is 0 Å². The summed E-state index contributed by atoms with van der Waals surface area (Å²) in [6, 6.07) is 9.12. The van der Waals surface area contributed by atoms with Crippen LogP contribution < -0.4 is 10.2 Å². The van der Waals surface area contributed by atoms with E-state index < -0.39 is 0 Å². The fraction of sp³-hybridized carbons (Fsp3) is 0.533. The maximum atomic E-state index is 9.51. The summed E-state index contributed by atoms with van der Waals surface area (Å²) in [7, 11) is 0. The first-order valence-electron chi connectivity index (χ1n) is 6.95. The molecule has 1 fully saturated rings. The minimum atomic E-state index is 0.513. The SMILES string of the molecule is CCSc1cccc(N(CC)C2CCNC2)c1C#N. The van der Waals surface area contributed by atoms with E-state index in [0.717, 1.165) is 48.0 Å². The Morgan fingerprint density at radius 1 is 1.47 bits per heavy atom. The van der Waals surface area contributed by atoms with E-state index in [2.05, 4.69) is 48.3 Å². The van der Waals surface area contributed by atoms with Crippen molar-refractivity contribution in [3.05, 3.63) is 23.8 Å². The summed E-state index contributed by atoms with van der Waals surface area (Å²) in [5, 5.41) is 12.9. The first-order chi connectivity index (χ1) is 9.31. The van der Waals surface area contributed by atoms with Crippen molar-refractivity contribution < 1.29 is 0 Å². The molecule has 0 aliphatic carbocycles. The number of hydrogen-bond acceptors (Lipinski definition) is 4. The van der Waals surface area contributed by atoms with Crippen LogP contribution in [-0.2, 0) is 0 Å². The molecule has 3 nitrogen and oxygen atoms in total. The van der Waals surface area contributed by atoms with Crippen LogP contribution in [0, 0.1) is 11.3 Å². The molecule has 0 radical (unpaired) electrons. The van der Waals surface area contributed by atoms with Gasteiger partial charge in [-0.25, -0.2) is 0 Å². The fourth-order valence-electron chi connectivity index (χ4n) is 2.68. The molecule has 1 aliphatic rings. The molecule has 0 saturated carbocycles. The lowest BCUT2D eigenvalue weighted by Crippen LogP contribution is -2.37. The topological polar surface area (TPSA) is 39.1 Å². The smallest absolute Gasteiger partial charge is 0.103 e. The molecule has 1 saturated heterocycles. The van der Waals surface area contributed by atoms with E-state index >= 15 is 0 Å². The molecule has 0 spiro atoms. The van der Waals surface area contributed by atoms with E-state index in [0.29, 0.717) is 6.04 Å². The summed E-state index contributed by atoms with van der Waals surface area (Å²) < 4.78 is 0. The molecule has 1 N–H and O–H groups in total. The molecule has 1 aliphatic heterocycles. The van der Waals surface area contributed by atoms with Gasteiger partial charge in [-0.2, -0.15) is 5.26 Å². The van der Waals surface area contributed by atoms with Crippen LogP contribution in [-0.4, -0.2) is 31.4 Å². The normalized spacial score (nSPS) is 18.3. The summed E-state index contributed by atoms with van der Waals surface area (Å²) in [5.41, 5.74) is 1.93. The molecule has 2 rings (SSSR count). The van der Waals surface area contributed by atoms with E-state index in [1.165, 1.54) is 0 Å². The molecular weight excluding hydrogens is 254 g/mol. The lowest BCUT2D eigenvalue weighted by Gasteiger charge is -2.30. The average Bonchev–Trinajstić information content (AvgIpc) is 2.94. The van der Waals surface area contributed by atoms with Crippen molar-refractivity contribution in [1.29, 1.82) is 5.26 Å². The standard InChI is InChI=1S/C15H21N3S/c1-3-18(12-8-9-17-11-12)14-6-5-7-15(19-4-2)13(14)10-16/h5-7,12,17H,3-4,8-9,11H2,1-2H3. The number of thioether (sulfide) groups is 1. The van der Waals surface area contributed by atoms with Gasteiger partial charge in [-0.05, 0) is 37.8 Å². The third-order valence-corrected chi connectivity index (χ3v) is 4.48. The number of anilines is 1. The van der Waals surface area contributed by atoms with Crippen molar-refractivity contribution in [3.8, 4) is 6.07 Å². The molecule has 0 bridgehead atoms. The number of nitrogens with one attached hydrogen (secondary N) is 1. The Kier molecular flexibility index (Phi) is 5.12. The Hall–Kier alpha value is -1.18. The number of rotatable bonds is 5. The summed E-state index contributed by atoms with van der Waals surface area (Å²) >= 11 is 1.75. The van der Waals surface area contributed by atoms with Crippen LogP contribution >= 0.6 is 11.8 Å². The molecule has 19 heavy (non-hydrogen) atoms. The van der Waals surface area contributed by atoms with E-state index in [4.69, 9.17) is 0 Å². The molecule has 1 aromatic rings. The van der Waals surface area contributed by atoms with Gasteiger partial charge in [0.05, 0.1) is 11.3 Å². The van der Waals surface area contributed by atoms with E-state index in [1.807, 2.05) is 0 Å². The van der Waals surface area contributed by atoms with Gasteiger partial charge in [0.15, 0.2) is 0 Å². The predicted octanol–water partition coefficient (Wildman–Crippen LogP) is 2.86. The highest BCUT2D eigenvalue weighted by Gasteiger charge is 2.24. The van der Waals surface area contributed by atoms with Crippen LogP contribution in [0.3, 0.4) is 0 Å². The molecule has 0 aromatic heterocycles. The Morgan fingerprint density at radius 2 is 2.32 bits per heavy atom. The highest BCUT2D eigenvalue weighted by atomic mass is 32.2. The largest absolute Gasteiger partial charge is 0.366 e. The van der Waals surface area contributed by atoms with Crippen molar-refractivity contribution in [2.24, 2.45) is 0 Å². The Balaban J connectivity index is 2.36. The van der Waals surface area contributed by atoms with Crippen molar-refractivity contribution >= 4 is 17.4 Å². The van der Waals surface area contributed by atoms with Crippen LogP contribution in [0.2, 0.25) is 0 Å². The lowest BCUT2D eigenvalue weighted by atomic mass is 10.1.